The Hall–Kier alpha value is -3.07. The van der Waals surface area contributed by atoms with Crippen LogP contribution in [0.4, 0.5) is 10.8 Å². The normalized spacial score (nSPS) is 11.7. The van der Waals surface area contributed by atoms with Gasteiger partial charge in [-0.3, -0.25) is 9.59 Å². The lowest BCUT2D eigenvalue weighted by Gasteiger charge is -2.14. The van der Waals surface area contributed by atoms with Crippen LogP contribution < -0.4 is 10.6 Å². The van der Waals surface area contributed by atoms with Gasteiger partial charge in [0, 0.05) is 26.5 Å². The summed E-state index contributed by atoms with van der Waals surface area (Å²) in [5.74, 6) is -0.226. The summed E-state index contributed by atoms with van der Waals surface area (Å²) < 4.78 is 5.12. The van der Waals surface area contributed by atoms with Gasteiger partial charge < -0.3 is 15.1 Å². The average Bonchev–Trinajstić information content (AvgIpc) is 3.51. The molecule has 33 heavy (non-hydrogen) atoms. The van der Waals surface area contributed by atoms with Crippen molar-refractivity contribution in [3.8, 4) is 11.3 Å². The van der Waals surface area contributed by atoms with Gasteiger partial charge >= 0.3 is 0 Å². The standard InChI is InChI=1S/C24H20ClN3O3S2/c1-2-21(23(30)28-24-27-19(14-32-24)17-9-3-4-10-18(17)25)33-16-8-5-7-15(13-16)26-22(29)20-11-6-12-31-20/h3-14,21H,2H2,1H3,(H,26,29)(H,27,28,30). The van der Waals surface area contributed by atoms with Gasteiger partial charge in [-0.2, -0.15) is 0 Å². The highest BCUT2D eigenvalue weighted by molar-refractivity contribution is 8.00. The SMILES string of the molecule is CCC(Sc1cccc(NC(=O)c2ccco2)c1)C(=O)Nc1nc(-c2ccccc2Cl)cs1. The molecule has 2 heterocycles. The summed E-state index contributed by atoms with van der Waals surface area (Å²) in [6.45, 7) is 1.96. The van der Waals surface area contributed by atoms with Crippen LogP contribution in [-0.2, 0) is 4.79 Å². The Morgan fingerprint density at radius 3 is 2.73 bits per heavy atom. The zero-order chi connectivity index (χ0) is 23.2. The van der Waals surface area contributed by atoms with E-state index in [-0.39, 0.29) is 22.8 Å². The fourth-order valence-electron chi connectivity index (χ4n) is 3.04. The van der Waals surface area contributed by atoms with Gasteiger partial charge in [0.15, 0.2) is 10.9 Å². The molecule has 168 valence electrons. The number of halogens is 1. The number of thioether (sulfide) groups is 1. The molecule has 0 saturated heterocycles. The molecular formula is C24H20ClN3O3S2. The molecule has 4 rings (SSSR count). The molecule has 0 saturated carbocycles. The van der Waals surface area contributed by atoms with Gasteiger partial charge in [-0.1, -0.05) is 42.8 Å². The highest BCUT2D eigenvalue weighted by atomic mass is 35.5. The third-order valence-corrected chi connectivity index (χ3v) is 7.11. The number of aromatic nitrogens is 1. The number of rotatable bonds is 8. The molecule has 0 aliphatic rings. The zero-order valence-corrected chi connectivity index (χ0v) is 20.0. The van der Waals surface area contributed by atoms with Crippen molar-refractivity contribution in [2.45, 2.75) is 23.5 Å². The van der Waals surface area contributed by atoms with E-state index >= 15 is 0 Å². The molecule has 0 fully saturated rings. The number of hydrogen-bond donors (Lipinski definition) is 2. The third-order valence-electron chi connectivity index (χ3n) is 4.66. The van der Waals surface area contributed by atoms with Gasteiger partial charge in [-0.25, -0.2) is 4.98 Å². The molecule has 9 heteroatoms. The van der Waals surface area contributed by atoms with Crippen LogP contribution in [0.5, 0.6) is 0 Å². The van der Waals surface area contributed by atoms with Crippen molar-refractivity contribution in [3.05, 3.63) is 83.1 Å². The largest absolute Gasteiger partial charge is 0.459 e. The number of furan rings is 1. The first-order chi connectivity index (χ1) is 16.0. The van der Waals surface area contributed by atoms with Crippen LogP contribution in [0.1, 0.15) is 23.9 Å². The maximum absolute atomic E-state index is 12.9. The number of carbonyl (C=O) groups excluding carboxylic acids is 2. The maximum atomic E-state index is 12.9. The van der Waals surface area contributed by atoms with Crippen LogP contribution in [0.25, 0.3) is 11.3 Å². The summed E-state index contributed by atoms with van der Waals surface area (Å²) in [6, 6.07) is 18.1. The summed E-state index contributed by atoms with van der Waals surface area (Å²) >= 11 is 9.04. The highest BCUT2D eigenvalue weighted by Crippen LogP contribution is 2.32. The molecule has 1 atom stereocenters. The minimum atomic E-state index is -0.329. The number of hydrogen-bond acceptors (Lipinski definition) is 6. The number of carbonyl (C=O) groups is 2. The van der Waals surface area contributed by atoms with E-state index in [1.807, 2.05) is 54.8 Å². The van der Waals surface area contributed by atoms with Crippen LogP contribution in [-0.4, -0.2) is 22.0 Å². The Bertz CT molecular complexity index is 1260. The van der Waals surface area contributed by atoms with Gasteiger partial charge in [0.1, 0.15) is 0 Å². The van der Waals surface area contributed by atoms with E-state index in [1.54, 1.807) is 18.2 Å². The highest BCUT2D eigenvalue weighted by Gasteiger charge is 2.20. The second kappa shape index (κ2) is 10.7. The number of amides is 2. The zero-order valence-electron chi connectivity index (χ0n) is 17.6. The Balaban J connectivity index is 1.40. The molecule has 0 spiro atoms. The van der Waals surface area contributed by atoms with Crippen LogP contribution in [0.2, 0.25) is 5.02 Å². The maximum Gasteiger partial charge on any atom is 0.291 e. The van der Waals surface area contributed by atoms with E-state index in [0.29, 0.717) is 22.3 Å². The molecular weight excluding hydrogens is 478 g/mol. The minimum absolute atomic E-state index is 0.132. The first kappa shape index (κ1) is 23.1. The summed E-state index contributed by atoms with van der Waals surface area (Å²) in [5.41, 5.74) is 2.17. The third kappa shape index (κ3) is 5.84. The van der Waals surface area contributed by atoms with E-state index in [0.717, 1.165) is 16.2 Å². The second-order valence-electron chi connectivity index (χ2n) is 6.98. The summed E-state index contributed by atoms with van der Waals surface area (Å²) in [7, 11) is 0. The van der Waals surface area contributed by atoms with Gasteiger partial charge in [-0.05, 0) is 42.8 Å². The fourth-order valence-corrected chi connectivity index (χ4v) is 5.00. The topological polar surface area (TPSA) is 84.2 Å². The van der Waals surface area contributed by atoms with E-state index in [2.05, 4.69) is 15.6 Å². The van der Waals surface area contributed by atoms with Crippen molar-refractivity contribution >= 4 is 57.3 Å². The lowest BCUT2D eigenvalue weighted by atomic mass is 10.2. The van der Waals surface area contributed by atoms with Gasteiger partial charge in [0.25, 0.3) is 5.91 Å². The average molecular weight is 498 g/mol. The predicted octanol–water partition coefficient (Wildman–Crippen LogP) is 6.82. The Labute approximate surface area is 204 Å². The van der Waals surface area contributed by atoms with Crippen LogP contribution in [0.15, 0.2) is 81.6 Å². The van der Waals surface area contributed by atoms with Crippen molar-refractivity contribution in [1.29, 1.82) is 0 Å². The number of thiazole rings is 1. The smallest absolute Gasteiger partial charge is 0.291 e. The van der Waals surface area contributed by atoms with E-state index in [9.17, 15) is 9.59 Å². The van der Waals surface area contributed by atoms with Crippen molar-refractivity contribution < 1.29 is 14.0 Å². The second-order valence-corrected chi connectivity index (χ2v) is 9.52. The monoisotopic (exact) mass is 497 g/mol. The van der Waals surface area contributed by atoms with E-state index < -0.39 is 0 Å². The van der Waals surface area contributed by atoms with Gasteiger partial charge in [0.05, 0.1) is 17.2 Å². The molecule has 1 unspecified atom stereocenters. The molecule has 2 amide bonds. The predicted molar refractivity (Wildman–Crippen MR) is 134 cm³/mol. The van der Waals surface area contributed by atoms with Crippen molar-refractivity contribution in [2.75, 3.05) is 10.6 Å². The number of nitrogens with one attached hydrogen (secondary N) is 2. The molecule has 2 aromatic heterocycles. The lowest BCUT2D eigenvalue weighted by Crippen LogP contribution is -2.24. The summed E-state index contributed by atoms with van der Waals surface area (Å²) in [4.78, 5) is 30.5. The molecule has 4 aromatic rings. The van der Waals surface area contributed by atoms with Gasteiger partial charge in [-0.15, -0.1) is 23.1 Å². The number of nitrogens with zero attached hydrogens (tertiary/aromatic N) is 1. The van der Waals surface area contributed by atoms with Crippen molar-refractivity contribution in [2.24, 2.45) is 0 Å². The molecule has 2 aromatic carbocycles. The van der Waals surface area contributed by atoms with Crippen LogP contribution in [0, 0.1) is 0 Å². The Morgan fingerprint density at radius 2 is 1.97 bits per heavy atom. The fraction of sp³-hybridized carbons (Fsp3) is 0.125. The van der Waals surface area contributed by atoms with Crippen LogP contribution >= 0.6 is 34.7 Å². The lowest BCUT2D eigenvalue weighted by molar-refractivity contribution is -0.115. The summed E-state index contributed by atoms with van der Waals surface area (Å²) in [6.07, 6.45) is 2.08. The summed E-state index contributed by atoms with van der Waals surface area (Å²) in [5, 5.41) is 8.39. The minimum Gasteiger partial charge on any atom is -0.459 e. The van der Waals surface area contributed by atoms with Crippen molar-refractivity contribution in [3.63, 3.8) is 0 Å². The molecule has 0 bridgehead atoms. The molecule has 0 radical (unpaired) electrons. The van der Waals surface area contributed by atoms with Crippen molar-refractivity contribution in [1.82, 2.24) is 4.98 Å². The number of anilines is 2. The Morgan fingerprint density at radius 1 is 1.12 bits per heavy atom. The first-order valence-corrected chi connectivity index (χ1v) is 12.3. The number of benzene rings is 2. The molecule has 2 N–H and O–H groups in total. The Kier molecular flexibility index (Phi) is 7.49. The molecule has 0 aliphatic heterocycles. The van der Waals surface area contributed by atoms with E-state index in [1.165, 1.54) is 29.4 Å². The quantitative estimate of drug-likeness (QED) is 0.261. The first-order valence-electron chi connectivity index (χ1n) is 10.2. The van der Waals surface area contributed by atoms with Gasteiger partial charge in [0.2, 0.25) is 5.91 Å². The van der Waals surface area contributed by atoms with E-state index in [4.69, 9.17) is 16.0 Å². The molecule has 6 nitrogen and oxygen atoms in total. The van der Waals surface area contributed by atoms with Crippen LogP contribution in [0.3, 0.4) is 0 Å². The molecule has 0 aliphatic carbocycles.